The van der Waals surface area contributed by atoms with Crippen LogP contribution in [0.1, 0.15) is 29.8 Å². The minimum Gasteiger partial charge on any atom is -0.268 e. The maximum absolute atomic E-state index is 13.0. The standard InChI is InChI=1S/C13H13ClF2N2/c1-2-11(14)10-6-17-18(8-10)7-9-3-4-12(15)13(16)5-9/h3-6,8,11H,2,7H2,1H3. The molecule has 0 spiro atoms. The first-order valence-corrected chi connectivity index (χ1v) is 6.14. The quantitative estimate of drug-likeness (QED) is 0.771. The van der Waals surface area contributed by atoms with Crippen molar-refractivity contribution < 1.29 is 8.78 Å². The molecule has 0 radical (unpaired) electrons. The van der Waals surface area contributed by atoms with E-state index in [0.29, 0.717) is 12.1 Å². The van der Waals surface area contributed by atoms with Crippen LogP contribution in [0.2, 0.25) is 0 Å². The molecule has 1 unspecified atom stereocenters. The molecule has 1 aromatic heterocycles. The Morgan fingerprint density at radius 2 is 2.11 bits per heavy atom. The second kappa shape index (κ2) is 5.48. The molecule has 1 aromatic carbocycles. The summed E-state index contributed by atoms with van der Waals surface area (Å²) in [4.78, 5) is 0. The van der Waals surface area contributed by atoms with E-state index in [1.165, 1.54) is 12.1 Å². The third kappa shape index (κ3) is 2.88. The van der Waals surface area contributed by atoms with Crippen LogP contribution < -0.4 is 0 Å². The highest BCUT2D eigenvalue weighted by molar-refractivity contribution is 6.20. The topological polar surface area (TPSA) is 17.8 Å². The molecule has 0 fully saturated rings. The van der Waals surface area contributed by atoms with E-state index in [9.17, 15) is 8.78 Å². The van der Waals surface area contributed by atoms with Gasteiger partial charge in [0.15, 0.2) is 11.6 Å². The lowest BCUT2D eigenvalue weighted by atomic mass is 10.2. The number of alkyl halides is 1. The molecule has 0 amide bonds. The number of hydrogen-bond acceptors (Lipinski definition) is 1. The highest BCUT2D eigenvalue weighted by Gasteiger charge is 2.09. The number of nitrogens with zero attached hydrogens (tertiary/aromatic N) is 2. The first-order chi connectivity index (χ1) is 8.60. The normalized spacial score (nSPS) is 12.7. The van der Waals surface area contributed by atoms with Gasteiger partial charge in [-0.2, -0.15) is 5.10 Å². The van der Waals surface area contributed by atoms with Crippen LogP contribution in [0.4, 0.5) is 8.78 Å². The number of benzene rings is 1. The first kappa shape index (κ1) is 13.0. The van der Waals surface area contributed by atoms with Crippen LogP contribution >= 0.6 is 11.6 Å². The summed E-state index contributed by atoms with van der Waals surface area (Å²) in [5.74, 6) is -1.68. The fraction of sp³-hybridized carbons (Fsp3) is 0.308. The Bertz CT molecular complexity index is 540. The summed E-state index contributed by atoms with van der Waals surface area (Å²) >= 11 is 6.09. The van der Waals surface area contributed by atoms with E-state index in [1.807, 2.05) is 13.1 Å². The zero-order valence-electron chi connectivity index (χ0n) is 9.91. The van der Waals surface area contributed by atoms with Crippen LogP contribution in [0, 0.1) is 11.6 Å². The van der Waals surface area contributed by atoms with Gasteiger partial charge < -0.3 is 0 Å². The van der Waals surface area contributed by atoms with Gasteiger partial charge in [0.05, 0.1) is 18.1 Å². The average molecular weight is 271 g/mol. The Balaban J connectivity index is 2.13. The summed E-state index contributed by atoms with van der Waals surface area (Å²) < 4.78 is 27.5. The molecule has 0 saturated carbocycles. The van der Waals surface area contributed by atoms with E-state index in [2.05, 4.69) is 5.10 Å². The lowest BCUT2D eigenvalue weighted by molar-refractivity contribution is 0.506. The third-order valence-corrected chi connectivity index (χ3v) is 3.26. The molecule has 0 aliphatic carbocycles. The van der Waals surface area contributed by atoms with E-state index >= 15 is 0 Å². The fourth-order valence-corrected chi connectivity index (χ4v) is 1.80. The van der Waals surface area contributed by atoms with Crippen LogP contribution in [0.25, 0.3) is 0 Å². The van der Waals surface area contributed by atoms with Crippen molar-refractivity contribution in [1.82, 2.24) is 9.78 Å². The molecule has 96 valence electrons. The zero-order valence-corrected chi connectivity index (χ0v) is 10.7. The molecule has 18 heavy (non-hydrogen) atoms. The average Bonchev–Trinajstić information content (AvgIpc) is 2.81. The second-order valence-electron chi connectivity index (χ2n) is 4.10. The van der Waals surface area contributed by atoms with Gasteiger partial charge in [-0.25, -0.2) is 8.78 Å². The van der Waals surface area contributed by atoms with E-state index in [4.69, 9.17) is 11.6 Å². The van der Waals surface area contributed by atoms with Gasteiger partial charge in [0.1, 0.15) is 0 Å². The third-order valence-electron chi connectivity index (χ3n) is 2.70. The number of aromatic nitrogens is 2. The van der Waals surface area contributed by atoms with Crippen molar-refractivity contribution in [3.8, 4) is 0 Å². The van der Waals surface area contributed by atoms with Gasteiger partial charge in [-0.3, -0.25) is 4.68 Å². The predicted octanol–water partition coefficient (Wildman–Crippen LogP) is 3.90. The van der Waals surface area contributed by atoms with Gasteiger partial charge in [-0.15, -0.1) is 11.6 Å². The smallest absolute Gasteiger partial charge is 0.159 e. The molecule has 0 saturated heterocycles. The molecular formula is C13H13ClF2N2. The summed E-state index contributed by atoms with van der Waals surface area (Å²) in [7, 11) is 0. The van der Waals surface area contributed by atoms with E-state index in [1.54, 1.807) is 10.9 Å². The van der Waals surface area contributed by atoms with E-state index < -0.39 is 11.6 Å². The van der Waals surface area contributed by atoms with Crippen LogP contribution in [-0.2, 0) is 6.54 Å². The van der Waals surface area contributed by atoms with Crippen molar-refractivity contribution in [2.75, 3.05) is 0 Å². The lowest BCUT2D eigenvalue weighted by Crippen LogP contribution is -2.01. The number of halogens is 3. The van der Waals surface area contributed by atoms with Crippen molar-refractivity contribution in [2.45, 2.75) is 25.3 Å². The summed E-state index contributed by atoms with van der Waals surface area (Å²) in [6.07, 6.45) is 4.34. The highest BCUT2D eigenvalue weighted by Crippen LogP contribution is 2.23. The Morgan fingerprint density at radius 1 is 1.33 bits per heavy atom. The largest absolute Gasteiger partial charge is 0.268 e. The minimum absolute atomic E-state index is 0.0660. The number of rotatable bonds is 4. The van der Waals surface area contributed by atoms with Crippen LogP contribution in [-0.4, -0.2) is 9.78 Å². The molecular weight excluding hydrogens is 258 g/mol. The van der Waals surface area contributed by atoms with Crippen LogP contribution in [0.5, 0.6) is 0 Å². The Morgan fingerprint density at radius 3 is 2.78 bits per heavy atom. The number of hydrogen-bond donors (Lipinski definition) is 0. The maximum Gasteiger partial charge on any atom is 0.159 e. The lowest BCUT2D eigenvalue weighted by Gasteiger charge is -2.03. The summed E-state index contributed by atoms with van der Waals surface area (Å²) in [6, 6.07) is 3.83. The fourth-order valence-electron chi connectivity index (χ4n) is 1.69. The molecule has 2 nitrogen and oxygen atoms in total. The maximum atomic E-state index is 13.0. The van der Waals surface area contributed by atoms with Gasteiger partial charge in [-0.1, -0.05) is 13.0 Å². The van der Waals surface area contributed by atoms with Crippen molar-refractivity contribution in [3.63, 3.8) is 0 Å². The Kier molecular flexibility index (Phi) is 3.97. The minimum atomic E-state index is -0.844. The van der Waals surface area contributed by atoms with Crippen molar-refractivity contribution >= 4 is 11.6 Å². The van der Waals surface area contributed by atoms with Gasteiger partial charge in [0.2, 0.25) is 0 Å². The summed E-state index contributed by atoms with van der Waals surface area (Å²) in [5.41, 5.74) is 1.59. The molecule has 0 N–H and O–H groups in total. The van der Waals surface area contributed by atoms with Crippen molar-refractivity contribution in [1.29, 1.82) is 0 Å². The summed E-state index contributed by atoms with van der Waals surface area (Å²) in [5, 5.41) is 4.08. The molecule has 1 atom stereocenters. The van der Waals surface area contributed by atoms with Crippen LogP contribution in [0.3, 0.4) is 0 Å². The van der Waals surface area contributed by atoms with Gasteiger partial charge >= 0.3 is 0 Å². The first-order valence-electron chi connectivity index (χ1n) is 5.70. The molecule has 0 aliphatic heterocycles. The molecule has 2 aromatic rings. The Hall–Kier alpha value is -1.42. The highest BCUT2D eigenvalue weighted by atomic mass is 35.5. The van der Waals surface area contributed by atoms with E-state index in [-0.39, 0.29) is 5.38 Å². The van der Waals surface area contributed by atoms with Gasteiger partial charge in [-0.05, 0) is 24.1 Å². The van der Waals surface area contributed by atoms with Gasteiger partial charge in [0.25, 0.3) is 0 Å². The van der Waals surface area contributed by atoms with Gasteiger partial charge in [0, 0.05) is 11.8 Å². The SMILES string of the molecule is CCC(Cl)c1cnn(Cc2ccc(F)c(F)c2)c1. The summed E-state index contributed by atoms with van der Waals surface area (Å²) in [6.45, 7) is 2.38. The molecule has 0 aliphatic rings. The Labute approximate surface area is 109 Å². The second-order valence-corrected chi connectivity index (χ2v) is 4.62. The molecule has 0 bridgehead atoms. The van der Waals surface area contributed by atoms with Crippen LogP contribution in [0.15, 0.2) is 30.6 Å². The molecule has 1 heterocycles. The monoisotopic (exact) mass is 270 g/mol. The van der Waals surface area contributed by atoms with Crippen molar-refractivity contribution in [3.05, 3.63) is 53.4 Å². The van der Waals surface area contributed by atoms with E-state index in [0.717, 1.165) is 18.1 Å². The zero-order chi connectivity index (χ0) is 13.1. The molecule has 5 heteroatoms. The molecule has 2 rings (SSSR count). The van der Waals surface area contributed by atoms with Crippen molar-refractivity contribution in [2.24, 2.45) is 0 Å². The predicted molar refractivity (Wildman–Crippen MR) is 66.6 cm³/mol.